The van der Waals surface area contributed by atoms with Gasteiger partial charge >= 0.3 is 18.4 Å². The number of hydrogen-bond acceptors (Lipinski definition) is 8. The normalized spacial score (nSPS) is 26.2. The lowest BCUT2D eigenvalue weighted by atomic mass is 9.73. The van der Waals surface area contributed by atoms with E-state index < -0.39 is 104 Å². The van der Waals surface area contributed by atoms with E-state index in [9.17, 15) is 27.2 Å². The number of nitrogens with two attached hydrogens (primary N) is 1. The van der Waals surface area contributed by atoms with Gasteiger partial charge in [0.05, 0.1) is 34.4 Å². The summed E-state index contributed by atoms with van der Waals surface area (Å²) in [6, 6.07) is 0.829. The number of rotatable bonds is 5. The lowest BCUT2D eigenvalue weighted by Crippen LogP contribution is -2.58. The SMILES string of the molecule is C=C1C[C@@H]2[C@@H]3CC[C@H](CN2c2nc(OC[C@]4(C)CN(C)CC[C@@H]4C(F)F)nc4c(F)c(-c5c(C#N)c(N)cc(C)c5C(F)(F)F)c(C(F)(F)F)c1c24)N3. The summed E-state index contributed by atoms with van der Waals surface area (Å²) in [6.07, 6.45) is -12.1. The van der Waals surface area contributed by atoms with E-state index in [-0.39, 0.29) is 56.0 Å². The maximum atomic E-state index is 17.4. The molecule has 17 heteroatoms. The van der Waals surface area contributed by atoms with Gasteiger partial charge in [-0.3, -0.25) is 0 Å². The highest BCUT2D eigenvalue weighted by Crippen LogP contribution is 2.55. The van der Waals surface area contributed by atoms with Crippen molar-refractivity contribution in [1.82, 2.24) is 20.2 Å². The molecule has 0 radical (unpaired) electrons. The second-order valence-electron chi connectivity index (χ2n) is 15.0. The molecule has 5 atom stereocenters. The average molecular weight is 754 g/mol. The van der Waals surface area contributed by atoms with Crippen LogP contribution >= 0.6 is 0 Å². The molecule has 4 aliphatic rings. The van der Waals surface area contributed by atoms with Gasteiger partial charge in [-0.1, -0.05) is 13.5 Å². The number of nitrogens with one attached hydrogen (secondary N) is 1. The summed E-state index contributed by atoms with van der Waals surface area (Å²) < 4.78 is 143. The van der Waals surface area contributed by atoms with Crippen LogP contribution in [0.5, 0.6) is 6.01 Å². The van der Waals surface area contributed by atoms with Gasteiger partial charge < -0.3 is 25.6 Å². The lowest BCUT2D eigenvalue weighted by molar-refractivity contribution is -0.139. The van der Waals surface area contributed by atoms with Crippen LogP contribution in [0, 0.1) is 35.4 Å². The number of aromatic nitrogens is 2. The average Bonchev–Trinajstić information content (AvgIpc) is 3.39. The number of ether oxygens (including phenoxy) is 1. The van der Waals surface area contributed by atoms with E-state index in [2.05, 4.69) is 21.9 Å². The van der Waals surface area contributed by atoms with E-state index in [4.69, 9.17) is 10.5 Å². The molecule has 3 aromatic rings. The van der Waals surface area contributed by atoms with Gasteiger partial charge in [-0.25, -0.2) is 13.2 Å². The highest BCUT2D eigenvalue weighted by molar-refractivity contribution is 6.06. The molecular weight excluding hydrogens is 717 g/mol. The van der Waals surface area contributed by atoms with Gasteiger partial charge in [-0.05, 0) is 63.4 Å². The maximum absolute atomic E-state index is 17.4. The van der Waals surface area contributed by atoms with Crippen LogP contribution in [0.3, 0.4) is 0 Å². The topological polar surface area (TPSA) is 103 Å². The number of benzene rings is 2. The first-order valence-electron chi connectivity index (χ1n) is 17.1. The second kappa shape index (κ2) is 12.6. The third kappa shape index (κ3) is 6.01. The molecule has 4 aliphatic heterocycles. The van der Waals surface area contributed by atoms with Crippen LogP contribution in [-0.2, 0) is 12.4 Å². The van der Waals surface area contributed by atoms with Crippen molar-refractivity contribution in [1.29, 1.82) is 5.26 Å². The molecule has 5 heterocycles. The minimum atomic E-state index is -5.49. The number of halogens is 9. The Balaban J connectivity index is 1.57. The Morgan fingerprint density at radius 2 is 1.79 bits per heavy atom. The van der Waals surface area contributed by atoms with Crippen molar-refractivity contribution >= 4 is 28.0 Å². The van der Waals surface area contributed by atoms with E-state index in [1.54, 1.807) is 18.9 Å². The summed E-state index contributed by atoms with van der Waals surface area (Å²) >= 11 is 0. The third-order valence-electron chi connectivity index (χ3n) is 11.4. The first kappa shape index (κ1) is 37.0. The number of nitrogens with zero attached hydrogens (tertiary/aromatic N) is 5. The van der Waals surface area contributed by atoms with Gasteiger partial charge in [0.1, 0.15) is 17.4 Å². The molecule has 0 aliphatic carbocycles. The van der Waals surface area contributed by atoms with Crippen molar-refractivity contribution < 1.29 is 44.3 Å². The van der Waals surface area contributed by atoms with Crippen molar-refractivity contribution in [2.24, 2.45) is 11.3 Å². The van der Waals surface area contributed by atoms with Crippen molar-refractivity contribution in [2.75, 3.05) is 43.9 Å². The molecule has 0 amide bonds. The van der Waals surface area contributed by atoms with E-state index in [1.165, 1.54) is 6.07 Å². The Morgan fingerprint density at radius 3 is 2.43 bits per heavy atom. The monoisotopic (exact) mass is 753 g/mol. The molecule has 2 bridgehead atoms. The molecule has 3 fully saturated rings. The Labute approximate surface area is 298 Å². The number of likely N-dealkylation sites (tertiary alicyclic amines) is 1. The zero-order valence-corrected chi connectivity index (χ0v) is 29.0. The van der Waals surface area contributed by atoms with Gasteiger partial charge in [-0.15, -0.1) is 0 Å². The minimum Gasteiger partial charge on any atom is -0.463 e. The number of piperidine rings is 1. The second-order valence-corrected chi connectivity index (χ2v) is 15.0. The van der Waals surface area contributed by atoms with Crippen molar-refractivity contribution in [2.45, 2.75) is 76.4 Å². The summed E-state index contributed by atoms with van der Waals surface area (Å²) in [5.41, 5.74) is -5.47. The van der Waals surface area contributed by atoms with Gasteiger partial charge in [0.15, 0.2) is 5.82 Å². The smallest absolute Gasteiger partial charge is 0.417 e. The van der Waals surface area contributed by atoms with Gasteiger partial charge in [0, 0.05) is 59.2 Å². The number of nitrogen functional groups attached to an aromatic ring is 1. The Morgan fingerprint density at radius 1 is 1.09 bits per heavy atom. The molecule has 3 N–H and O–H groups in total. The zero-order chi connectivity index (χ0) is 38.5. The summed E-state index contributed by atoms with van der Waals surface area (Å²) in [7, 11) is 1.76. The van der Waals surface area contributed by atoms with Gasteiger partial charge in [0.25, 0.3) is 0 Å². The largest absolute Gasteiger partial charge is 0.463 e. The van der Waals surface area contributed by atoms with Crippen LogP contribution in [-0.4, -0.2) is 72.7 Å². The van der Waals surface area contributed by atoms with Crippen LogP contribution in [0.15, 0.2) is 12.6 Å². The van der Waals surface area contributed by atoms with Crippen LogP contribution in [0.25, 0.3) is 27.6 Å². The molecule has 0 spiro atoms. The molecule has 8 nitrogen and oxygen atoms in total. The molecule has 7 rings (SSSR count). The van der Waals surface area contributed by atoms with Crippen LogP contribution in [0.4, 0.5) is 51.0 Å². The maximum Gasteiger partial charge on any atom is 0.417 e. The number of alkyl halides is 8. The molecule has 284 valence electrons. The fourth-order valence-corrected chi connectivity index (χ4v) is 9.09. The predicted molar refractivity (Wildman–Crippen MR) is 179 cm³/mol. The van der Waals surface area contributed by atoms with Gasteiger partial charge in [0.2, 0.25) is 6.43 Å². The lowest BCUT2D eigenvalue weighted by Gasteiger charge is -2.44. The summed E-state index contributed by atoms with van der Waals surface area (Å²) in [5, 5.41) is 13.0. The van der Waals surface area contributed by atoms with Crippen LogP contribution in [0.1, 0.15) is 60.4 Å². The zero-order valence-electron chi connectivity index (χ0n) is 29.0. The minimum absolute atomic E-state index is 0.0991. The number of nitriles is 1. The Bertz CT molecular complexity index is 2060. The number of hydrogen-bond donors (Lipinski definition) is 2. The van der Waals surface area contributed by atoms with Crippen molar-refractivity contribution in [3.8, 4) is 23.2 Å². The fourth-order valence-electron chi connectivity index (χ4n) is 9.09. The molecule has 1 aromatic heterocycles. The molecule has 2 aromatic carbocycles. The Hall–Kier alpha value is -4.30. The molecule has 53 heavy (non-hydrogen) atoms. The molecule has 0 saturated carbocycles. The van der Waals surface area contributed by atoms with E-state index >= 15 is 17.6 Å². The first-order valence-corrected chi connectivity index (χ1v) is 17.1. The summed E-state index contributed by atoms with van der Waals surface area (Å²) in [6.45, 7) is 6.97. The summed E-state index contributed by atoms with van der Waals surface area (Å²) in [5.74, 6) is -3.05. The highest BCUT2D eigenvalue weighted by atomic mass is 19.4. The van der Waals surface area contributed by atoms with Gasteiger partial charge in [-0.2, -0.15) is 41.6 Å². The van der Waals surface area contributed by atoms with E-state index in [1.807, 2.05) is 4.90 Å². The number of piperazine rings is 1. The number of fused-ring (bicyclic) bond motifs is 5. The number of anilines is 2. The van der Waals surface area contributed by atoms with Crippen LogP contribution in [0.2, 0.25) is 0 Å². The Kier molecular flexibility index (Phi) is 8.84. The third-order valence-corrected chi connectivity index (χ3v) is 11.4. The number of aryl methyl sites for hydroxylation is 1. The first-order chi connectivity index (χ1) is 24.7. The quantitative estimate of drug-likeness (QED) is 0.203. The van der Waals surface area contributed by atoms with Crippen LogP contribution < -0.4 is 20.7 Å². The van der Waals surface area contributed by atoms with Crippen molar-refractivity contribution in [3.63, 3.8) is 0 Å². The van der Waals surface area contributed by atoms with Crippen molar-refractivity contribution in [3.05, 3.63) is 46.3 Å². The van der Waals surface area contributed by atoms with E-state index in [0.717, 1.165) is 19.4 Å². The predicted octanol–water partition coefficient (Wildman–Crippen LogP) is 7.56. The standard InChI is InChI=1S/C36H36F9N7O/c1-15-10-22-21-6-5-17(48-21)12-52(22)32-26-23(15)28(36(43,44)45)25(24-18(11-46)20(47)9-16(2)27(24)35(40,41)42)29(37)30(26)49-33(50-32)53-14-34(3)13-51(4)8-7-19(34)31(38)39/h9,17,19,21-22,31,48H,1,5-8,10,12-14,47H2,2-4H3/t17-,19-,21+,22-,34+/m1/s1. The molecule has 3 saturated heterocycles. The molecular formula is C36H36F9N7O. The highest BCUT2D eigenvalue weighted by Gasteiger charge is 2.50. The molecule has 0 unspecified atom stereocenters. The summed E-state index contributed by atoms with van der Waals surface area (Å²) in [4.78, 5) is 12.3. The van der Waals surface area contributed by atoms with E-state index in [0.29, 0.717) is 13.0 Å². The fraction of sp³-hybridized carbons (Fsp3) is 0.528.